The summed E-state index contributed by atoms with van der Waals surface area (Å²) >= 11 is 1.60. The fourth-order valence-corrected chi connectivity index (χ4v) is 2.52. The van der Waals surface area contributed by atoms with Crippen LogP contribution in [0.2, 0.25) is 0 Å². The van der Waals surface area contributed by atoms with Gasteiger partial charge < -0.3 is 15.2 Å². The van der Waals surface area contributed by atoms with Crippen molar-refractivity contribution >= 4 is 11.3 Å². The fourth-order valence-electron chi connectivity index (χ4n) is 1.96. The third-order valence-electron chi connectivity index (χ3n) is 2.80. The molecule has 4 nitrogen and oxygen atoms in total. The molecule has 0 aliphatic rings. The molecule has 2 aromatic rings. The van der Waals surface area contributed by atoms with Crippen LogP contribution in [0, 0.1) is 13.8 Å². The van der Waals surface area contributed by atoms with Crippen LogP contribution in [-0.4, -0.2) is 29.3 Å². The van der Waals surface area contributed by atoms with Gasteiger partial charge >= 0.3 is 0 Å². The van der Waals surface area contributed by atoms with Gasteiger partial charge in [-0.3, -0.25) is 4.98 Å². The van der Waals surface area contributed by atoms with Gasteiger partial charge in [-0.05, 0) is 37.1 Å². The maximum Gasteiger partial charge on any atom is 0.119 e. The number of rotatable bonds is 7. The quantitative estimate of drug-likeness (QED) is 0.822. The third kappa shape index (κ3) is 4.92. The second-order valence-electron chi connectivity index (χ2n) is 4.89. The number of aromatic nitrogens is 1. The Kier molecular flexibility index (Phi) is 5.52. The molecule has 0 saturated heterocycles. The van der Waals surface area contributed by atoms with Crippen LogP contribution in [0.4, 0.5) is 0 Å². The number of aryl methyl sites for hydroxylation is 2. The molecule has 20 heavy (non-hydrogen) atoms. The summed E-state index contributed by atoms with van der Waals surface area (Å²) in [5.41, 5.74) is 4.13. The first kappa shape index (κ1) is 15.0. The smallest absolute Gasteiger partial charge is 0.119 e. The zero-order chi connectivity index (χ0) is 14.4. The van der Waals surface area contributed by atoms with Gasteiger partial charge in [0.25, 0.3) is 0 Å². The molecular formula is C15H20N2O2S. The van der Waals surface area contributed by atoms with Crippen molar-refractivity contribution in [1.29, 1.82) is 0 Å². The minimum Gasteiger partial charge on any atom is -0.491 e. The van der Waals surface area contributed by atoms with E-state index in [1.807, 2.05) is 32.2 Å². The second kappa shape index (κ2) is 7.38. The van der Waals surface area contributed by atoms with Crippen molar-refractivity contribution in [2.45, 2.75) is 26.5 Å². The van der Waals surface area contributed by atoms with E-state index in [1.54, 1.807) is 16.8 Å². The summed E-state index contributed by atoms with van der Waals surface area (Å²) in [6.07, 6.45) is 1.31. The van der Waals surface area contributed by atoms with Crippen LogP contribution in [0.25, 0.3) is 0 Å². The maximum atomic E-state index is 9.88. The SMILES string of the molecule is Cc1cc(C)cc(OCC(O)CNCc2cncs2)c1. The molecule has 1 aromatic carbocycles. The van der Waals surface area contributed by atoms with Gasteiger partial charge in [-0.1, -0.05) is 6.07 Å². The molecule has 0 aliphatic carbocycles. The van der Waals surface area contributed by atoms with Crippen molar-refractivity contribution in [3.63, 3.8) is 0 Å². The van der Waals surface area contributed by atoms with Crippen molar-refractivity contribution in [2.24, 2.45) is 0 Å². The lowest BCUT2D eigenvalue weighted by atomic mass is 10.1. The molecule has 0 spiro atoms. The Hall–Kier alpha value is -1.43. The first-order valence-electron chi connectivity index (χ1n) is 6.61. The molecule has 0 radical (unpaired) electrons. The Labute approximate surface area is 123 Å². The maximum absolute atomic E-state index is 9.88. The molecule has 1 unspecified atom stereocenters. The van der Waals surface area contributed by atoms with E-state index in [0.717, 1.165) is 28.3 Å². The summed E-state index contributed by atoms with van der Waals surface area (Å²) in [6, 6.07) is 6.05. The summed E-state index contributed by atoms with van der Waals surface area (Å²) in [5.74, 6) is 0.809. The van der Waals surface area contributed by atoms with Crippen molar-refractivity contribution in [2.75, 3.05) is 13.2 Å². The Balaban J connectivity index is 1.70. The predicted molar refractivity (Wildman–Crippen MR) is 81.2 cm³/mol. The Morgan fingerprint density at radius 1 is 1.30 bits per heavy atom. The number of nitrogens with zero attached hydrogens (tertiary/aromatic N) is 1. The average molecular weight is 292 g/mol. The lowest BCUT2D eigenvalue weighted by Gasteiger charge is -2.13. The monoisotopic (exact) mass is 292 g/mol. The van der Waals surface area contributed by atoms with Crippen molar-refractivity contribution in [1.82, 2.24) is 10.3 Å². The summed E-state index contributed by atoms with van der Waals surface area (Å²) in [5, 5.41) is 13.1. The van der Waals surface area contributed by atoms with Crippen molar-refractivity contribution < 1.29 is 9.84 Å². The topological polar surface area (TPSA) is 54.4 Å². The number of aliphatic hydroxyl groups is 1. The molecule has 1 aromatic heterocycles. The Bertz CT molecular complexity index is 508. The molecule has 0 saturated carbocycles. The fraction of sp³-hybridized carbons (Fsp3) is 0.400. The van der Waals surface area contributed by atoms with Gasteiger partial charge in [-0.15, -0.1) is 11.3 Å². The minimum absolute atomic E-state index is 0.290. The molecule has 0 fully saturated rings. The summed E-state index contributed by atoms with van der Waals surface area (Å²) in [4.78, 5) is 5.16. The molecule has 1 heterocycles. The lowest BCUT2D eigenvalue weighted by molar-refractivity contribution is 0.106. The number of nitrogens with one attached hydrogen (secondary N) is 1. The highest BCUT2D eigenvalue weighted by molar-refractivity contribution is 7.09. The molecule has 0 bridgehead atoms. The van der Waals surface area contributed by atoms with E-state index in [-0.39, 0.29) is 0 Å². The highest BCUT2D eigenvalue weighted by Crippen LogP contribution is 2.16. The molecular weight excluding hydrogens is 272 g/mol. The van der Waals surface area contributed by atoms with Crippen LogP contribution in [0.3, 0.4) is 0 Å². The van der Waals surface area contributed by atoms with Gasteiger partial charge in [0.15, 0.2) is 0 Å². The third-order valence-corrected chi connectivity index (χ3v) is 3.58. The standard InChI is InChI=1S/C15H20N2O2S/c1-11-3-12(2)5-14(4-11)19-9-13(18)6-16-7-15-8-17-10-20-15/h3-5,8,10,13,16,18H,6-7,9H2,1-2H3. The molecule has 108 valence electrons. The molecule has 1 atom stereocenters. The Morgan fingerprint density at radius 3 is 2.70 bits per heavy atom. The summed E-state index contributed by atoms with van der Waals surface area (Å²) < 4.78 is 5.62. The van der Waals surface area contributed by atoms with Crippen LogP contribution in [-0.2, 0) is 6.54 Å². The van der Waals surface area contributed by atoms with Crippen LogP contribution >= 0.6 is 11.3 Å². The Morgan fingerprint density at radius 2 is 2.05 bits per heavy atom. The van der Waals surface area contributed by atoms with Gasteiger partial charge in [0.1, 0.15) is 18.5 Å². The predicted octanol–water partition coefficient (Wildman–Crippen LogP) is 2.29. The number of hydrogen-bond acceptors (Lipinski definition) is 5. The van der Waals surface area contributed by atoms with Gasteiger partial charge in [-0.25, -0.2) is 0 Å². The highest BCUT2D eigenvalue weighted by atomic mass is 32.1. The van der Waals surface area contributed by atoms with Gasteiger partial charge in [0.05, 0.1) is 5.51 Å². The first-order valence-corrected chi connectivity index (χ1v) is 7.48. The lowest BCUT2D eigenvalue weighted by Crippen LogP contribution is -2.31. The molecule has 2 rings (SSSR count). The van der Waals surface area contributed by atoms with E-state index >= 15 is 0 Å². The number of hydrogen-bond donors (Lipinski definition) is 2. The normalized spacial score (nSPS) is 12.3. The molecule has 0 amide bonds. The number of benzene rings is 1. The van der Waals surface area contributed by atoms with E-state index in [9.17, 15) is 5.11 Å². The van der Waals surface area contributed by atoms with E-state index in [1.165, 1.54) is 0 Å². The average Bonchev–Trinajstić information content (AvgIpc) is 2.88. The minimum atomic E-state index is -0.524. The van der Waals surface area contributed by atoms with E-state index in [2.05, 4.69) is 16.4 Å². The first-order chi connectivity index (χ1) is 9.63. The number of thiazole rings is 1. The second-order valence-corrected chi connectivity index (χ2v) is 5.86. The van der Waals surface area contributed by atoms with Crippen LogP contribution in [0.1, 0.15) is 16.0 Å². The van der Waals surface area contributed by atoms with Crippen LogP contribution in [0.15, 0.2) is 29.9 Å². The van der Waals surface area contributed by atoms with E-state index in [4.69, 9.17) is 4.74 Å². The summed E-state index contributed by atoms with van der Waals surface area (Å²) in [7, 11) is 0. The molecule has 5 heteroatoms. The zero-order valence-electron chi connectivity index (χ0n) is 11.8. The van der Waals surface area contributed by atoms with Gasteiger partial charge in [-0.2, -0.15) is 0 Å². The molecule has 2 N–H and O–H groups in total. The molecule has 0 aliphatic heterocycles. The van der Waals surface area contributed by atoms with Crippen molar-refractivity contribution in [3.05, 3.63) is 45.9 Å². The van der Waals surface area contributed by atoms with Crippen LogP contribution in [0.5, 0.6) is 5.75 Å². The highest BCUT2D eigenvalue weighted by Gasteiger charge is 2.06. The van der Waals surface area contributed by atoms with Crippen molar-refractivity contribution in [3.8, 4) is 5.75 Å². The zero-order valence-corrected chi connectivity index (χ0v) is 12.6. The van der Waals surface area contributed by atoms with Gasteiger partial charge in [0, 0.05) is 24.2 Å². The van der Waals surface area contributed by atoms with E-state index in [0.29, 0.717) is 13.2 Å². The number of ether oxygens (including phenoxy) is 1. The largest absolute Gasteiger partial charge is 0.491 e. The van der Waals surface area contributed by atoms with Crippen LogP contribution < -0.4 is 10.1 Å². The van der Waals surface area contributed by atoms with Gasteiger partial charge in [0.2, 0.25) is 0 Å². The summed E-state index contributed by atoms with van der Waals surface area (Å²) in [6.45, 7) is 5.59. The number of aliphatic hydroxyl groups excluding tert-OH is 1. The van der Waals surface area contributed by atoms with E-state index < -0.39 is 6.10 Å².